The second-order valence-corrected chi connectivity index (χ2v) is 7.29. The first kappa shape index (κ1) is 22.5. The summed E-state index contributed by atoms with van der Waals surface area (Å²) in [6, 6.07) is 6.59. The third-order valence-electron chi connectivity index (χ3n) is 5.39. The van der Waals surface area contributed by atoms with Crippen molar-refractivity contribution in [3.05, 3.63) is 47.3 Å². The molecule has 1 aliphatic rings. The molecule has 0 amide bonds. The molecule has 1 saturated heterocycles. The smallest absolute Gasteiger partial charge is 0.193 e. The lowest BCUT2D eigenvalue weighted by molar-refractivity contribution is 0.372. The number of benzene rings is 1. The van der Waals surface area contributed by atoms with Crippen LogP contribution in [0.2, 0.25) is 0 Å². The quantitative estimate of drug-likeness (QED) is 0.299. The van der Waals surface area contributed by atoms with Gasteiger partial charge >= 0.3 is 0 Å². The number of aromatic nitrogens is 2. The Bertz CT molecular complexity index is 777. The largest absolute Gasteiger partial charge is 0.368 e. The number of nitrogens with one attached hydrogen (secondary N) is 1. The molecule has 2 heterocycles. The minimum absolute atomic E-state index is 0. The average molecular weight is 496 g/mol. The number of rotatable bonds is 5. The van der Waals surface area contributed by atoms with Gasteiger partial charge in [0.25, 0.3) is 0 Å². The molecule has 6 nitrogen and oxygen atoms in total. The molecular formula is C21H33IN6. The highest BCUT2D eigenvalue weighted by atomic mass is 127. The van der Waals surface area contributed by atoms with Crippen LogP contribution in [0.4, 0.5) is 5.69 Å². The van der Waals surface area contributed by atoms with Gasteiger partial charge in [0, 0.05) is 58.7 Å². The number of guanidine groups is 1. The first-order valence-corrected chi connectivity index (χ1v) is 9.83. The van der Waals surface area contributed by atoms with E-state index in [0.717, 1.165) is 51.5 Å². The summed E-state index contributed by atoms with van der Waals surface area (Å²) in [6.07, 6.45) is 6.15. The van der Waals surface area contributed by atoms with Crippen molar-refractivity contribution in [3.63, 3.8) is 0 Å². The van der Waals surface area contributed by atoms with Gasteiger partial charge in [0.2, 0.25) is 0 Å². The molecule has 1 fully saturated rings. The van der Waals surface area contributed by atoms with E-state index in [0.29, 0.717) is 0 Å². The van der Waals surface area contributed by atoms with Crippen LogP contribution < -0.4 is 10.2 Å². The standard InChI is InChI=1S/C21H32N6.HI/c1-17-7-5-9-20(18(17)2)26-11-13-27(14-12-26)21(22-3)23-10-6-8-19-15-24-25(4)16-19;/h5,7,9,15-16H,6,8,10-14H2,1-4H3,(H,22,23);1H. The van der Waals surface area contributed by atoms with Crippen molar-refractivity contribution in [2.45, 2.75) is 26.7 Å². The molecule has 3 rings (SSSR count). The number of halogens is 1. The van der Waals surface area contributed by atoms with E-state index in [-0.39, 0.29) is 24.0 Å². The third-order valence-corrected chi connectivity index (χ3v) is 5.39. The molecule has 154 valence electrons. The van der Waals surface area contributed by atoms with Crippen LogP contribution in [0.5, 0.6) is 0 Å². The summed E-state index contributed by atoms with van der Waals surface area (Å²) in [7, 11) is 3.84. The van der Waals surface area contributed by atoms with Crippen molar-refractivity contribution in [2.24, 2.45) is 12.0 Å². The molecule has 28 heavy (non-hydrogen) atoms. The van der Waals surface area contributed by atoms with Crippen LogP contribution in [0, 0.1) is 13.8 Å². The van der Waals surface area contributed by atoms with E-state index in [1.807, 2.05) is 25.0 Å². The fraction of sp³-hybridized carbons (Fsp3) is 0.524. The normalized spacial score (nSPS) is 14.8. The van der Waals surface area contributed by atoms with E-state index >= 15 is 0 Å². The van der Waals surface area contributed by atoms with E-state index in [1.54, 1.807) is 0 Å². The van der Waals surface area contributed by atoms with Crippen LogP contribution in [0.25, 0.3) is 0 Å². The molecule has 0 aliphatic carbocycles. The Balaban J connectivity index is 0.00000280. The van der Waals surface area contributed by atoms with Gasteiger partial charge in [-0.25, -0.2) is 0 Å². The number of nitrogens with zero attached hydrogens (tertiary/aromatic N) is 5. The summed E-state index contributed by atoms with van der Waals surface area (Å²) >= 11 is 0. The Morgan fingerprint density at radius 1 is 1.18 bits per heavy atom. The SMILES string of the molecule is CN=C(NCCCc1cnn(C)c1)N1CCN(c2cccc(C)c2C)CC1.I. The maximum atomic E-state index is 4.49. The molecule has 2 aromatic rings. The number of hydrogen-bond donors (Lipinski definition) is 1. The van der Waals surface area contributed by atoms with Crippen LogP contribution in [0.1, 0.15) is 23.1 Å². The number of aryl methyl sites for hydroxylation is 3. The fourth-order valence-electron chi connectivity index (χ4n) is 3.66. The van der Waals surface area contributed by atoms with Crippen molar-refractivity contribution < 1.29 is 0 Å². The Morgan fingerprint density at radius 3 is 2.57 bits per heavy atom. The molecule has 1 N–H and O–H groups in total. The Morgan fingerprint density at radius 2 is 1.93 bits per heavy atom. The molecule has 0 bridgehead atoms. The van der Waals surface area contributed by atoms with Crippen LogP contribution >= 0.6 is 24.0 Å². The molecule has 0 spiro atoms. The van der Waals surface area contributed by atoms with Gasteiger partial charge in [-0.15, -0.1) is 24.0 Å². The van der Waals surface area contributed by atoms with E-state index < -0.39 is 0 Å². The molecule has 1 aromatic heterocycles. The monoisotopic (exact) mass is 496 g/mol. The van der Waals surface area contributed by atoms with E-state index in [2.05, 4.69) is 63.5 Å². The third kappa shape index (κ3) is 5.62. The van der Waals surface area contributed by atoms with Crippen molar-refractivity contribution in [3.8, 4) is 0 Å². The summed E-state index contributed by atoms with van der Waals surface area (Å²) in [5.74, 6) is 1.02. The molecule has 1 aromatic carbocycles. The summed E-state index contributed by atoms with van der Waals surface area (Å²) in [6.45, 7) is 9.39. The summed E-state index contributed by atoms with van der Waals surface area (Å²) in [5.41, 5.74) is 5.41. The van der Waals surface area contributed by atoms with E-state index in [1.165, 1.54) is 22.4 Å². The molecular weight excluding hydrogens is 463 g/mol. The Hall–Kier alpha value is -1.77. The predicted molar refractivity (Wildman–Crippen MR) is 128 cm³/mol. The van der Waals surface area contributed by atoms with Crippen molar-refractivity contribution >= 4 is 35.6 Å². The second-order valence-electron chi connectivity index (χ2n) is 7.29. The lowest BCUT2D eigenvalue weighted by atomic mass is 10.1. The van der Waals surface area contributed by atoms with Gasteiger partial charge in [0.05, 0.1) is 6.20 Å². The number of aliphatic imine (C=N–C) groups is 1. The molecule has 0 saturated carbocycles. The van der Waals surface area contributed by atoms with Gasteiger partial charge in [0.1, 0.15) is 0 Å². The van der Waals surface area contributed by atoms with Gasteiger partial charge in [-0.05, 0) is 49.4 Å². The van der Waals surface area contributed by atoms with E-state index in [9.17, 15) is 0 Å². The number of piperazine rings is 1. The van der Waals surface area contributed by atoms with Gasteiger partial charge in [0.15, 0.2) is 5.96 Å². The molecule has 0 unspecified atom stereocenters. The van der Waals surface area contributed by atoms with Crippen LogP contribution in [0.15, 0.2) is 35.6 Å². The zero-order chi connectivity index (χ0) is 19.2. The Labute approximate surface area is 186 Å². The minimum Gasteiger partial charge on any atom is -0.368 e. The highest BCUT2D eigenvalue weighted by Crippen LogP contribution is 2.23. The first-order valence-electron chi connectivity index (χ1n) is 9.83. The topological polar surface area (TPSA) is 48.7 Å². The summed E-state index contributed by atoms with van der Waals surface area (Å²) in [5, 5.41) is 7.74. The molecule has 1 aliphatic heterocycles. The highest BCUT2D eigenvalue weighted by Gasteiger charge is 2.20. The summed E-state index contributed by atoms with van der Waals surface area (Å²) < 4.78 is 1.86. The van der Waals surface area contributed by atoms with Gasteiger partial charge in [-0.3, -0.25) is 9.67 Å². The number of anilines is 1. The van der Waals surface area contributed by atoms with Gasteiger partial charge in [-0.1, -0.05) is 12.1 Å². The molecule has 0 radical (unpaired) electrons. The molecule has 7 heteroatoms. The lowest BCUT2D eigenvalue weighted by Crippen LogP contribution is -2.52. The maximum Gasteiger partial charge on any atom is 0.193 e. The fourth-order valence-corrected chi connectivity index (χ4v) is 3.66. The Kier molecular flexibility index (Phi) is 8.59. The lowest BCUT2D eigenvalue weighted by Gasteiger charge is -2.38. The second kappa shape index (κ2) is 10.7. The van der Waals surface area contributed by atoms with Crippen molar-refractivity contribution in [2.75, 3.05) is 44.7 Å². The van der Waals surface area contributed by atoms with E-state index in [4.69, 9.17) is 0 Å². The predicted octanol–water partition coefficient (Wildman–Crippen LogP) is 2.99. The van der Waals surface area contributed by atoms with Gasteiger partial charge in [-0.2, -0.15) is 5.10 Å². The maximum absolute atomic E-state index is 4.49. The number of hydrogen-bond acceptors (Lipinski definition) is 3. The average Bonchev–Trinajstić information content (AvgIpc) is 3.10. The van der Waals surface area contributed by atoms with Crippen molar-refractivity contribution in [1.82, 2.24) is 20.0 Å². The van der Waals surface area contributed by atoms with Gasteiger partial charge < -0.3 is 15.1 Å². The van der Waals surface area contributed by atoms with Crippen molar-refractivity contribution in [1.29, 1.82) is 0 Å². The van der Waals surface area contributed by atoms with Crippen LogP contribution in [0.3, 0.4) is 0 Å². The molecule has 0 atom stereocenters. The minimum atomic E-state index is 0. The zero-order valence-electron chi connectivity index (χ0n) is 17.5. The zero-order valence-corrected chi connectivity index (χ0v) is 19.8. The van der Waals surface area contributed by atoms with Crippen LogP contribution in [-0.4, -0.2) is 60.4 Å². The highest BCUT2D eigenvalue weighted by molar-refractivity contribution is 14.0. The first-order chi connectivity index (χ1) is 13.1. The summed E-state index contributed by atoms with van der Waals surface area (Å²) in [4.78, 5) is 9.35. The van der Waals surface area contributed by atoms with Crippen LogP contribution in [-0.2, 0) is 13.5 Å².